The van der Waals surface area contributed by atoms with Crippen molar-refractivity contribution in [3.05, 3.63) is 72.6 Å². The van der Waals surface area contributed by atoms with E-state index in [0.717, 1.165) is 27.5 Å². The van der Waals surface area contributed by atoms with Crippen molar-refractivity contribution in [2.45, 2.75) is 0 Å². The van der Waals surface area contributed by atoms with Gasteiger partial charge < -0.3 is 9.30 Å². The van der Waals surface area contributed by atoms with E-state index in [1.54, 1.807) is 6.20 Å². The molecule has 2 aromatic carbocycles. The molecule has 4 heteroatoms. The van der Waals surface area contributed by atoms with Crippen molar-refractivity contribution in [3.63, 3.8) is 0 Å². The summed E-state index contributed by atoms with van der Waals surface area (Å²) >= 11 is 0. The van der Waals surface area contributed by atoms with Gasteiger partial charge in [0.05, 0.1) is 23.7 Å². The maximum Gasteiger partial charge on any atom is 0.340 e. The summed E-state index contributed by atoms with van der Waals surface area (Å²) in [6.45, 7) is 0. The lowest BCUT2D eigenvalue weighted by atomic mass is 10.2. The van der Waals surface area contributed by atoms with E-state index in [0.29, 0.717) is 5.56 Å². The maximum atomic E-state index is 12.0. The van der Waals surface area contributed by atoms with E-state index in [2.05, 4.69) is 11.1 Å². The lowest BCUT2D eigenvalue weighted by molar-refractivity contribution is 0.0603. The number of methoxy groups -OCH3 is 1. The number of aromatic nitrogens is 2. The molecule has 0 saturated heterocycles. The van der Waals surface area contributed by atoms with Crippen LogP contribution in [0.1, 0.15) is 10.4 Å². The number of carbonyl (C=O) groups excluding carboxylic acids is 1. The molecule has 0 bridgehead atoms. The summed E-state index contributed by atoms with van der Waals surface area (Å²) < 4.78 is 6.91. The fourth-order valence-electron chi connectivity index (χ4n) is 2.88. The van der Waals surface area contributed by atoms with Gasteiger partial charge in [0.25, 0.3) is 0 Å². The van der Waals surface area contributed by atoms with Crippen molar-refractivity contribution in [1.82, 2.24) is 9.55 Å². The highest BCUT2D eigenvalue weighted by Gasteiger charge is 2.16. The molecule has 0 saturated carbocycles. The quantitative estimate of drug-likeness (QED) is 0.526. The molecule has 4 nitrogen and oxygen atoms in total. The van der Waals surface area contributed by atoms with Crippen LogP contribution in [-0.4, -0.2) is 22.6 Å². The van der Waals surface area contributed by atoms with Gasteiger partial charge in [0, 0.05) is 28.9 Å². The fraction of sp³-hybridized carbons (Fsp3) is 0.0526. The topological polar surface area (TPSA) is 44.1 Å². The van der Waals surface area contributed by atoms with Crippen LogP contribution in [0.3, 0.4) is 0 Å². The average molecular weight is 302 g/mol. The second-order valence-corrected chi connectivity index (χ2v) is 5.30. The molecular weight excluding hydrogens is 288 g/mol. The molecule has 0 spiro atoms. The lowest BCUT2D eigenvalue weighted by Gasteiger charge is -2.06. The number of para-hydroxylation sites is 1. The Labute approximate surface area is 132 Å². The Morgan fingerprint density at radius 3 is 2.83 bits per heavy atom. The normalized spacial score (nSPS) is 11.0. The minimum Gasteiger partial charge on any atom is -0.465 e. The van der Waals surface area contributed by atoms with Crippen molar-refractivity contribution >= 4 is 27.8 Å². The van der Waals surface area contributed by atoms with Gasteiger partial charge in [0.1, 0.15) is 0 Å². The molecule has 4 rings (SSSR count). The van der Waals surface area contributed by atoms with E-state index < -0.39 is 0 Å². The second kappa shape index (κ2) is 5.25. The molecule has 0 fully saturated rings. The Kier molecular flexibility index (Phi) is 3.08. The highest BCUT2D eigenvalue weighted by Crippen LogP contribution is 2.26. The lowest BCUT2D eigenvalue weighted by Crippen LogP contribution is -2.00. The number of pyridine rings is 1. The first kappa shape index (κ1) is 13.5. The monoisotopic (exact) mass is 302 g/mol. The molecule has 112 valence electrons. The van der Waals surface area contributed by atoms with Crippen LogP contribution >= 0.6 is 0 Å². The zero-order valence-electron chi connectivity index (χ0n) is 12.6. The SMILES string of the molecule is COC(=O)c1cn(-c2ccc3ncccc3c2)c2ccccc12. The van der Waals surface area contributed by atoms with Crippen molar-refractivity contribution in [2.75, 3.05) is 7.11 Å². The van der Waals surface area contributed by atoms with Crippen LogP contribution in [0.25, 0.3) is 27.5 Å². The fourth-order valence-corrected chi connectivity index (χ4v) is 2.88. The maximum absolute atomic E-state index is 12.0. The molecular formula is C19H14N2O2. The van der Waals surface area contributed by atoms with Crippen molar-refractivity contribution in [2.24, 2.45) is 0 Å². The standard InChI is InChI=1S/C19H14N2O2/c1-23-19(22)16-12-21(18-7-3-2-6-15(16)18)14-8-9-17-13(11-14)5-4-10-20-17/h2-12H,1H3. The molecule has 0 aliphatic heterocycles. The number of hydrogen-bond acceptors (Lipinski definition) is 3. The van der Waals surface area contributed by atoms with E-state index >= 15 is 0 Å². The molecule has 0 aliphatic rings. The van der Waals surface area contributed by atoms with Gasteiger partial charge >= 0.3 is 5.97 Å². The largest absolute Gasteiger partial charge is 0.465 e. The summed E-state index contributed by atoms with van der Waals surface area (Å²) in [6, 6.07) is 17.8. The minimum atomic E-state index is -0.331. The first-order chi connectivity index (χ1) is 11.3. The van der Waals surface area contributed by atoms with Crippen molar-refractivity contribution in [1.29, 1.82) is 0 Å². The number of fused-ring (bicyclic) bond motifs is 2. The summed E-state index contributed by atoms with van der Waals surface area (Å²) in [6.07, 6.45) is 3.61. The summed E-state index contributed by atoms with van der Waals surface area (Å²) in [4.78, 5) is 16.4. The van der Waals surface area contributed by atoms with Gasteiger partial charge in [-0.2, -0.15) is 0 Å². The second-order valence-electron chi connectivity index (χ2n) is 5.30. The van der Waals surface area contributed by atoms with Gasteiger partial charge in [-0.1, -0.05) is 24.3 Å². The van der Waals surface area contributed by atoms with Crippen LogP contribution in [0.2, 0.25) is 0 Å². The third-order valence-corrected chi connectivity index (χ3v) is 3.98. The van der Waals surface area contributed by atoms with E-state index in [1.165, 1.54) is 7.11 Å². The van der Waals surface area contributed by atoms with E-state index in [-0.39, 0.29) is 5.97 Å². The van der Waals surface area contributed by atoms with Crippen LogP contribution in [0.15, 0.2) is 67.0 Å². The molecule has 0 unspecified atom stereocenters. The minimum absolute atomic E-state index is 0.331. The summed E-state index contributed by atoms with van der Waals surface area (Å²) in [5.41, 5.74) is 3.46. The third-order valence-electron chi connectivity index (χ3n) is 3.98. The van der Waals surface area contributed by atoms with E-state index in [1.807, 2.05) is 59.3 Å². The molecule has 0 radical (unpaired) electrons. The van der Waals surface area contributed by atoms with Crippen LogP contribution < -0.4 is 0 Å². The molecule has 0 aliphatic carbocycles. The molecule has 23 heavy (non-hydrogen) atoms. The van der Waals surface area contributed by atoms with Crippen LogP contribution in [0, 0.1) is 0 Å². The molecule has 0 N–H and O–H groups in total. The van der Waals surface area contributed by atoms with E-state index in [9.17, 15) is 4.79 Å². The molecule has 2 aromatic heterocycles. The number of rotatable bonds is 2. The zero-order chi connectivity index (χ0) is 15.8. The number of ether oxygens (including phenoxy) is 1. The van der Waals surface area contributed by atoms with Crippen LogP contribution in [-0.2, 0) is 4.74 Å². The van der Waals surface area contributed by atoms with Crippen molar-refractivity contribution in [3.8, 4) is 5.69 Å². The van der Waals surface area contributed by atoms with Gasteiger partial charge in [-0.15, -0.1) is 0 Å². The number of hydrogen-bond donors (Lipinski definition) is 0. The predicted octanol–water partition coefficient (Wildman–Crippen LogP) is 3.97. The smallest absolute Gasteiger partial charge is 0.340 e. The number of benzene rings is 2. The molecule has 4 aromatic rings. The Morgan fingerprint density at radius 1 is 1.09 bits per heavy atom. The summed E-state index contributed by atoms with van der Waals surface area (Å²) in [5.74, 6) is -0.331. The number of carbonyl (C=O) groups is 1. The predicted molar refractivity (Wildman–Crippen MR) is 89.9 cm³/mol. The highest BCUT2D eigenvalue weighted by molar-refractivity contribution is 6.05. The average Bonchev–Trinajstić information content (AvgIpc) is 3.00. The first-order valence-electron chi connectivity index (χ1n) is 7.31. The van der Waals surface area contributed by atoms with Gasteiger partial charge in [-0.05, 0) is 30.3 Å². The van der Waals surface area contributed by atoms with E-state index in [4.69, 9.17) is 4.74 Å². The summed E-state index contributed by atoms with van der Waals surface area (Å²) in [5, 5.41) is 1.94. The molecule has 0 amide bonds. The van der Waals surface area contributed by atoms with Crippen LogP contribution in [0.4, 0.5) is 0 Å². The first-order valence-corrected chi connectivity index (χ1v) is 7.31. The van der Waals surface area contributed by atoms with Crippen LogP contribution in [0.5, 0.6) is 0 Å². The molecule has 0 atom stereocenters. The highest BCUT2D eigenvalue weighted by atomic mass is 16.5. The van der Waals surface area contributed by atoms with Gasteiger partial charge in [0.15, 0.2) is 0 Å². The number of esters is 1. The zero-order valence-corrected chi connectivity index (χ0v) is 12.6. The molecule has 2 heterocycles. The van der Waals surface area contributed by atoms with Gasteiger partial charge in [-0.25, -0.2) is 4.79 Å². The van der Waals surface area contributed by atoms with Gasteiger partial charge in [0.2, 0.25) is 0 Å². The Hall–Kier alpha value is -3.14. The van der Waals surface area contributed by atoms with Crippen molar-refractivity contribution < 1.29 is 9.53 Å². The Balaban J connectivity index is 1.98. The van der Waals surface area contributed by atoms with Gasteiger partial charge in [-0.3, -0.25) is 4.98 Å². The number of nitrogens with zero attached hydrogens (tertiary/aromatic N) is 2. The summed E-state index contributed by atoms with van der Waals surface area (Å²) in [7, 11) is 1.40. The Bertz CT molecular complexity index is 1030. The Morgan fingerprint density at radius 2 is 1.96 bits per heavy atom. The third kappa shape index (κ3) is 2.16.